The molecule has 5 rings (SSSR count). The maximum Gasteiger partial charge on any atom is 0.228 e. The van der Waals surface area contributed by atoms with E-state index in [-0.39, 0.29) is 35.2 Å². The molecule has 0 saturated carbocycles. The number of halogens is 2. The van der Waals surface area contributed by atoms with Crippen molar-refractivity contribution in [2.24, 2.45) is 17.8 Å². The van der Waals surface area contributed by atoms with Gasteiger partial charge in [-0.2, -0.15) is 5.26 Å². The van der Waals surface area contributed by atoms with E-state index >= 15 is 0 Å². The Bertz CT molecular complexity index is 1330. The van der Waals surface area contributed by atoms with Crippen molar-refractivity contribution < 1.29 is 18.7 Å². The maximum atomic E-state index is 14.0. The van der Waals surface area contributed by atoms with E-state index < -0.39 is 17.3 Å². The summed E-state index contributed by atoms with van der Waals surface area (Å²) in [6, 6.07) is 14.0. The number of piperidine rings is 1. The third-order valence-electron chi connectivity index (χ3n) is 7.97. The first-order valence-corrected chi connectivity index (χ1v) is 12.6. The van der Waals surface area contributed by atoms with Crippen molar-refractivity contribution in [3.8, 4) is 6.07 Å². The molecule has 0 radical (unpaired) electrons. The van der Waals surface area contributed by atoms with Gasteiger partial charge in [-0.15, -0.1) is 10.2 Å². The number of pyridine rings is 1. The van der Waals surface area contributed by atoms with Crippen molar-refractivity contribution >= 4 is 11.7 Å². The Morgan fingerprint density at radius 3 is 2.24 bits per heavy atom. The number of likely N-dealkylation sites (tertiary alicyclic amines) is 1. The van der Waals surface area contributed by atoms with Gasteiger partial charge in [0.2, 0.25) is 5.91 Å². The van der Waals surface area contributed by atoms with Crippen molar-refractivity contribution in [3.63, 3.8) is 0 Å². The highest BCUT2D eigenvalue weighted by Crippen LogP contribution is 2.43. The SMILES string of the molecule is C[C@H]1CN(C(=O)[C@@H]2CN(c3ccc(C#N)nn3)C[C@H]2c2ccc(F)cn2)C[C@H](C)C1(O)c1ccc(F)cc1. The Kier molecular flexibility index (Phi) is 6.80. The van der Waals surface area contributed by atoms with Crippen LogP contribution in [0.25, 0.3) is 0 Å². The van der Waals surface area contributed by atoms with Gasteiger partial charge in [0.05, 0.1) is 17.7 Å². The number of aromatic nitrogens is 3. The molecule has 8 nitrogen and oxygen atoms in total. The summed E-state index contributed by atoms with van der Waals surface area (Å²) in [6.07, 6.45) is 1.15. The number of carbonyl (C=O) groups excluding carboxylic acids is 1. The lowest BCUT2D eigenvalue weighted by molar-refractivity contribution is -0.152. The quantitative estimate of drug-likeness (QED) is 0.565. The smallest absolute Gasteiger partial charge is 0.228 e. The van der Waals surface area contributed by atoms with Crippen LogP contribution in [0.1, 0.15) is 36.7 Å². The lowest BCUT2D eigenvalue weighted by atomic mass is 9.70. The summed E-state index contributed by atoms with van der Waals surface area (Å²) in [5.41, 5.74) is 0.227. The molecule has 0 unspecified atom stereocenters. The number of nitrogens with zero attached hydrogens (tertiary/aromatic N) is 6. The molecule has 4 atom stereocenters. The van der Waals surface area contributed by atoms with Crippen LogP contribution in [0.2, 0.25) is 0 Å². The highest BCUT2D eigenvalue weighted by molar-refractivity contribution is 5.81. The van der Waals surface area contributed by atoms with Crippen LogP contribution in [-0.2, 0) is 10.4 Å². The van der Waals surface area contributed by atoms with E-state index in [1.54, 1.807) is 35.2 Å². The van der Waals surface area contributed by atoms with Crippen molar-refractivity contribution in [1.82, 2.24) is 20.1 Å². The van der Waals surface area contributed by atoms with Gasteiger partial charge in [-0.25, -0.2) is 8.78 Å². The second-order valence-corrected chi connectivity index (χ2v) is 10.3. The molecule has 2 aromatic heterocycles. The Hall–Kier alpha value is -3.97. The maximum absolute atomic E-state index is 14.0. The summed E-state index contributed by atoms with van der Waals surface area (Å²) in [4.78, 5) is 22.0. The molecule has 10 heteroatoms. The summed E-state index contributed by atoms with van der Waals surface area (Å²) >= 11 is 0. The van der Waals surface area contributed by atoms with E-state index in [0.717, 1.165) is 6.20 Å². The number of hydrogen-bond acceptors (Lipinski definition) is 7. The van der Waals surface area contributed by atoms with Crippen LogP contribution in [0.3, 0.4) is 0 Å². The zero-order chi connectivity index (χ0) is 27.0. The molecule has 3 aromatic rings. The first-order valence-electron chi connectivity index (χ1n) is 12.6. The van der Waals surface area contributed by atoms with Crippen molar-refractivity contribution in [2.75, 3.05) is 31.1 Å². The molecule has 196 valence electrons. The zero-order valence-electron chi connectivity index (χ0n) is 21.1. The summed E-state index contributed by atoms with van der Waals surface area (Å²) in [7, 11) is 0. The molecule has 38 heavy (non-hydrogen) atoms. The fourth-order valence-corrected chi connectivity index (χ4v) is 5.90. The highest BCUT2D eigenvalue weighted by Gasteiger charge is 2.49. The second kappa shape index (κ2) is 10.1. The van der Waals surface area contributed by atoms with E-state index in [2.05, 4.69) is 15.2 Å². The van der Waals surface area contributed by atoms with Crippen LogP contribution in [-0.4, -0.2) is 57.3 Å². The molecule has 2 aliphatic rings. The summed E-state index contributed by atoms with van der Waals surface area (Å²) < 4.78 is 27.1. The molecule has 1 N–H and O–H groups in total. The summed E-state index contributed by atoms with van der Waals surface area (Å²) in [5, 5.41) is 28.8. The van der Waals surface area contributed by atoms with Crippen molar-refractivity contribution in [3.05, 3.63) is 83.3 Å². The molecule has 4 heterocycles. The minimum Gasteiger partial charge on any atom is -0.384 e. The van der Waals surface area contributed by atoms with Crippen molar-refractivity contribution in [1.29, 1.82) is 5.26 Å². The molecular formula is C28H28F2N6O2. The topological polar surface area (TPSA) is 106 Å². The van der Waals surface area contributed by atoms with E-state index in [9.17, 15) is 18.7 Å². The highest BCUT2D eigenvalue weighted by atomic mass is 19.1. The Labute approximate surface area is 219 Å². The number of anilines is 1. The summed E-state index contributed by atoms with van der Waals surface area (Å²) in [6.45, 7) is 5.22. The number of benzene rings is 1. The fourth-order valence-electron chi connectivity index (χ4n) is 5.90. The normalized spacial score (nSPS) is 24.7. The predicted molar refractivity (Wildman–Crippen MR) is 135 cm³/mol. The molecule has 2 fully saturated rings. The third-order valence-corrected chi connectivity index (χ3v) is 7.97. The van der Waals surface area contributed by atoms with Gasteiger partial charge in [-0.1, -0.05) is 26.0 Å². The number of nitriles is 1. The van der Waals surface area contributed by atoms with E-state index in [0.29, 0.717) is 43.3 Å². The number of rotatable bonds is 4. The van der Waals surface area contributed by atoms with Gasteiger partial charge in [-0.3, -0.25) is 9.78 Å². The molecule has 1 aromatic carbocycles. The largest absolute Gasteiger partial charge is 0.384 e. The number of hydrogen-bond donors (Lipinski definition) is 1. The van der Waals surface area contributed by atoms with Gasteiger partial charge >= 0.3 is 0 Å². The van der Waals surface area contributed by atoms with Gasteiger partial charge < -0.3 is 14.9 Å². The molecule has 0 aliphatic carbocycles. The van der Waals surface area contributed by atoms with Crippen LogP contribution in [0.4, 0.5) is 14.6 Å². The van der Waals surface area contributed by atoms with E-state index in [4.69, 9.17) is 5.26 Å². The number of aliphatic hydroxyl groups is 1. The number of carbonyl (C=O) groups is 1. The van der Waals surface area contributed by atoms with Crippen LogP contribution in [0, 0.1) is 40.7 Å². The van der Waals surface area contributed by atoms with Gasteiger partial charge in [0.25, 0.3) is 0 Å². The first kappa shape index (κ1) is 25.7. The van der Waals surface area contributed by atoms with Crippen LogP contribution in [0.15, 0.2) is 54.7 Å². The van der Waals surface area contributed by atoms with Crippen LogP contribution < -0.4 is 4.90 Å². The standard InChI is InChI=1S/C28H28F2N6O2/c1-17-13-36(14-18(2)28(17,38)19-3-5-20(29)6-4-19)27(37)24-16-35(26-10-8-22(11-31)33-34-26)15-23(24)25-9-7-21(30)12-32-25/h3-10,12,17-18,23-24,38H,13-16H2,1-2H3/t17-,18-,23+,24+/m0/s1. The minimum absolute atomic E-state index is 0.0786. The summed E-state index contributed by atoms with van der Waals surface area (Å²) in [5.74, 6) is -1.77. The lowest BCUT2D eigenvalue weighted by Gasteiger charge is -2.48. The third kappa shape index (κ3) is 4.58. The van der Waals surface area contributed by atoms with Gasteiger partial charge in [0.15, 0.2) is 11.5 Å². The Morgan fingerprint density at radius 2 is 1.66 bits per heavy atom. The van der Waals surface area contributed by atoms with Gasteiger partial charge in [0, 0.05) is 49.6 Å². The molecule has 1 amide bonds. The van der Waals surface area contributed by atoms with Gasteiger partial charge in [-0.05, 0) is 42.0 Å². The van der Waals surface area contributed by atoms with Crippen LogP contribution >= 0.6 is 0 Å². The molecule has 0 spiro atoms. The molecule has 0 bridgehead atoms. The van der Waals surface area contributed by atoms with Crippen molar-refractivity contribution in [2.45, 2.75) is 25.4 Å². The number of amides is 1. The molecular weight excluding hydrogens is 490 g/mol. The predicted octanol–water partition coefficient (Wildman–Crippen LogP) is 3.24. The van der Waals surface area contributed by atoms with Gasteiger partial charge in [0.1, 0.15) is 17.7 Å². The average molecular weight is 519 g/mol. The molecule has 2 aliphatic heterocycles. The minimum atomic E-state index is -1.21. The fraction of sp³-hybridized carbons (Fsp3) is 0.393. The second-order valence-electron chi connectivity index (χ2n) is 10.3. The van der Waals surface area contributed by atoms with Crippen LogP contribution in [0.5, 0.6) is 0 Å². The Morgan fingerprint density at radius 1 is 0.974 bits per heavy atom. The van der Waals surface area contributed by atoms with E-state index in [1.165, 1.54) is 18.2 Å². The zero-order valence-corrected chi connectivity index (χ0v) is 21.1. The monoisotopic (exact) mass is 518 g/mol. The first-order chi connectivity index (χ1) is 18.2. The molecule has 2 saturated heterocycles. The average Bonchev–Trinajstić information content (AvgIpc) is 3.37. The van der Waals surface area contributed by atoms with E-state index in [1.807, 2.05) is 24.8 Å². The Balaban J connectivity index is 1.40. The lowest BCUT2D eigenvalue weighted by Crippen LogP contribution is -2.57.